The number of rotatable bonds is 5. The number of benzene rings is 1. The molecule has 0 amide bonds. The highest BCUT2D eigenvalue weighted by atomic mass is 16.5. The molecule has 0 unspecified atom stereocenters. The molecule has 3 heteroatoms. The van der Waals surface area contributed by atoms with E-state index in [2.05, 4.69) is 21.8 Å². The average molecular weight is 221 g/mol. The number of aryl methyl sites for hydroxylation is 1. The van der Waals surface area contributed by atoms with Crippen LogP contribution in [0, 0.1) is 0 Å². The molecular weight excluding hydrogens is 202 g/mol. The predicted octanol–water partition coefficient (Wildman–Crippen LogP) is 2.25. The van der Waals surface area contributed by atoms with Crippen LogP contribution in [0.5, 0.6) is 0 Å². The number of esters is 1. The molecule has 0 spiro atoms. The summed E-state index contributed by atoms with van der Waals surface area (Å²) in [5.74, 6) is -0.137. The van der Waals surface area contributed by atoms with Crippen LogP contribution in [-0.4, -0.2) is 27.2 Å². The molecular formula is C13H19NO2. The lowest BCUT2D eigenvalue weighted by molar-refractivity contribution is -0.140. The van der Waals surface area contributed by atoms with Crippen LogP contribution in [0.25, 0.3) is 0 Å². The monoisotopic (exact) mass is 221 g/mol. The molecule has 0 aliphatic rings. The Hall–Kier alpha value is -1.51. The summed E-state index contributed by atoms with van der Waals surface area (Å²) < 4.78 is 4.62. The van der Waals surface area contributed by atoms with Gasteiger partial charge in [0.05, 0.1) is 7.11 Å². The molecule has 16 heavy (non-hydrogen) atoms. The molecule has 0 N–H and O–H groups in total. The zero-order valence-electron chi connectivity index (χ0n) is 10.2. The van der Waals surface area contributed by atoms with Crippen LogP contribution >= 0.6 is 0 Å². The van der Waals surface area contributed by atoms with E-state index in [0.29, 0.717) is 6.42 Å². The van der Waals surface area contributed by atoms with Gasteiger partial charge in [0.1, 0.15) is 0 Å². The molecule has 1 rings (SSSR count). The van der Waals surface area contributed by atoms with Crippen LogP contribution in [0.15, 0.2) is 24.3 Å². The van der Waals surface area contributed by atoms with Crippen LogP contribution in [-0.2, 0) is 16.0 Å². The average Bonchev–Trinajstić information content (AvgIpc) is 2.29. The molecule has 0 saturated heterocycles. The summed E-state index contributed by atoms with van der Waals surface area (Å²) in [5, 5.41) is 0. The number of hydrogen-bond donors (Lipinski definition) is 0. The fraction of sp³-hybridized carbons (Fsp3) is 0.462. The Balaban J connectivity index is 2.56. The van der Waals surface area contributed by atoms with Gasteiger partial charge >= 0.3 is 5.97 Å². The van der Waals surface area contributed by atoms with Crippen molar-refractivity contribution < 1.29 is 9.53 Å². The second-order valence-electron chi connectivity index (χ2n) is 3.95. The van der Waals surface area contributed by atoms with Gasteiger partial charge in [-0.2, -0.15) is 0 Å². The van der Waals surface area contributed by atoms with Gasteiger partial charge < -0.3 is 9.64 Å². The summed E-state index contributed by atoms with van der Waals surface area (Å²) in [7, 11) is 5.48. The van der Waals surface area contributed by atoms with E-state index in [1.807, 2.05) is 26.2 Å². The number of ether oxygens (including phenoxy) is 1. The summed E-state index contributed by atoms with van der Waals surface area (Å²) in [4.78, 5) is 13.1. The number of carbonyl (C=O) groups is 1. The normalized spacial score (nSPS) is 9.94. The first-order valence-electron chi connectivity index (χ1n) is 5.47. The number of para-hydroxylation sites is 1. The van der Waals surface area contributed by atoms with Crippen LogP contribution in [0.4, 0.5) is 5.69 Å². The van der Waals surface area contributed by atoms with Crippen LogP contribution in [0.1, 0.15) is 18.4 Å². The van der Waals surface area contributed by atoms with Gasteiger partial charge in [-0.1, -0.05) is 18.2 Å². The number of hydrogen-bond acceptors (Lipinski definition) is 3. The largest absolute Gasteiger partial charge is 0.469 e. The Labute approximate surface area is 97.0 Å². The smallest absolute Gasteiger partial charge is 0.305 e. The first-order chi connectivity index (χ1) is 7.65. The number of carbonyl (C=O) groups excluding carboxylic acids is 1. The fourth-order valence-corrected chi connectivity index (χ4v) is 1.68. The summed E-state index contributed by atoms with van der Waals surface area (Å²) >= 11 is 0. The molecule has 0 heterocycles. The third-order valence-electron chi connectivity index (χ3n) is 2.53. The molecule has 1 aromatic carbocycles. The second-order valence-corrected chi connectivity index (χ2v) is 3.95. The SMILES string of the molecule is COC(=O)CCCc1ccccc1N(C)C. The first kappa shape index (κ1) is 12.6. The molecule has 0 aromatic heterocycles. The van der Waals surface area contributed by atoms with Crippen LogP contribution in [0.2, 0.25) is 0 Å². The van der Waals surface area contributed by atoms with Crippen LogP contribution in [0.3, 0.4) is 0 Å². The Morgan fingerprint density at radius 2 is 2.00 bits per heavy atom. The fourth-order valence-electron chi connectivity index (χ4n) is 1.68. The van der Waals surface area contributed by atoms with Crippen LogP contribution < -0.4 is 4.90 Å². The lowest BCUT2D eigenvalue weighted by Gasteiger charge is -2.17. The lowest BCUT2D eigenvalue weighted by atomic mass is 10.1. The lowest BCUT2D eigenvalue weighted by Crippen LogP contribution is -2.11. The van der Waals surface area contributed by atoms with Gasteiger partial charge in [0.15, 0.2) is 0 Å². The number of nitrogens with zero attached hydrogens (tertiary/aromatic N) is 1. The standard InChI is InChI=1S/C13H19NO2/c1-14(2)12-9-5-4-7-11(12)8-6-10-13(15)16-3/h4-5,7,9H,6,8,10H2,1-3H3. The molecule has 3 nitrogen and oxygen atoms in total. The van der Waals surface area contributed by atoms with Crippen molar-refractivity contribution in [3.05, 3.63) is 29.8 Å². The minimum Gasteiger partial charge on any atom is -0.469 e. The quantitative estimate of drug-likeness (QED) is 0.714. The zero-order valence-corrected chi connectivity index (χ0v) is 10.2. The highest BCUT2D eigenvalue weighted by Crippen LogP contribution is 2.19. The summed E-state index contributed by atoms with van der Waals surface area (Å²) in [6, 6.07) is 8.25. The van der Waals surface area contributed by atoms with E-state index < -0.39 is 0 Å². The van der Waals surface area contributed by atoms with E-state index in [-0.39, 0.29) is 5.97 Å². The Morgan fingerprint density at radius 1 is 1.31 bits per heavy atom. The molecule has 1 aromatic rings. The molecule has 0 radical (unpaired) electrons. The maximum atomic E-state index is 11.0. The third-order valence-corrected chi connectivity index (χ3v) is 2.53. The number of methoxy groups -OCH3 is 1. The van der Waals surface area contributed by atoms with Gasteiger partial charge in [0.2, 0.25) is 0 Å². The summed E-state index contributed by atoms with van der Waals surface area (Å²) in [6.07, 6.45) is 2.22. The predicted molar refractivity (Wildman–Crippen MR) is 65.7 cm³/mol. The van der Waals surface area contributed by atoms with Gasteiger partial charge in [-0.25, -0.2) is 0 Å². The Kier molecular flexibility index (Phi) is 4.83. The molecule has 0 bridgehead atoms. The van der Waals surface area contributed by atoms with Crippen molar-refractivity contribution in [2.75, 3.05) is 26.1 Å². The summed E-state index contributed by atoms with van der Waals surface area (Å²) in [6.45, 7) is 0. The van der Waals surface area contributed by atoms with Gasteiger partial charge in [0, 0.05) is 26.2 Å². The molecule has 0 aliphatic heterocycles. The summed E-state index contributed by atoms with van der Waals surface area (Å²) in [5.41, 5.74) is 2.49. The second kappa shape index (κ2) is 6.16. The van der Waals surface area contributed by atoms with Crippen molar-refractivity contribution in [1.29, 1.82) is 0 Å². The van der Waals surface area contributed by atoms with Gasteiger partial charge in [0.25, 0.3) is 0 Å². The first-order valence-corrected chi connectivity index (χ1v) is 5.47. The van der Waals surface area contributed by atoms with E-state index in [4.69, 9.17) is 0 Å². The van der Waals surface area contributed by atoms with Crippen molar-refractivity contribution in [2.45, 2.75) is 19.3 Å². The zero-order chi connectivity index (χ0) is 12.0. The van der Waals surface area contributed by atoms with Crippen molar-refractivity contribution >= 4 is 11.7 Å². The van der Waals surface area contributed by atoms with E-state index in [1.165, 1.54) is 18.4 Å². The third kappa shape index (κ3) is 3.57. The van der Waals surface area contributed by atoms with Crippen molar-refractivity contribution in [3.63, 3.8) is 0 Å². The highest BCUT2D eigenvalue weighted by Gasteiger charge is 2.05. The van der Waals surface area contributed by atoms with Gasteiger partial charge in [-0.3, -0.25) is 4.79 Å². The maximum Gasteiger partial charge on any atom is 0.305 e. The topological polar surface area (TPSA) is 29.5 Å². The van der Waals surface area contributed by atoms with E-state index in [9.17, 15) is 4.79 Å². The molecule has 0 fully saturated rings. The van der Waals surface area contributed by atoms with E-state index in [0.717, 1.165) is 12.8 Å². The molecule has 0 saturated carbocycles. The minimum atomic E-state index is -0.137. The Morgan fingerprint density at radius 3 is 2.62 bits per heavy atom. The van der Waals surface area contributed by atoms with Gasteiger partial charge in [-0.15, -0.1) is 0 Å². The van der Waals surface area contributed by atoms with Crippen molar-refractivity contribution in [1.82, 2.24) is 0 Å². The maximum absolute atomic E-state index is 11.0. The van der Waals surface area contributed by atoms with E-state index in [1.54, 1.807) is 0 Å². The van der Waals surface area contributed by atoms with Crippen molar-refractivity contribution in [3.8, 4) is 0 Å². The number of anilines is 1. The van der Waals surface area contributed by atoms with Gasteiger partial charge in [-0.05, 0) is 24.5 Å². The van der Waals surface area contributed by atoms with Crippen molar-refractivity contribution in [2.24, 2.45) is 0 Å². The Bertz CT molecular complexity index is 348. The molecule has 0 aliphatic carbocycles. The minimum absolute atomic E-state index is 0.137. The highest BCUT2D eigenvalue weighted by molar-refractivity contribution is 5.69. The van der Waals surface area contributed by atoms with E-state index >= 15 is 0 Å². The molecule has 88 valence electrons. The molecule has 0 atom stereocenters.